The van der Waals surface area contributed by atoms with Crippen LogP contribution in [0, 0.1) is 18.3 Å². The summed E-state index contributed by atoms with van der Waals surface area (Å²) in [5, 5.41) is 13.3. The van der Waals surface area contributed by atoms with E-state index in [1.165, 1.54) is 4.57 Å². The van der Waals surface area contributed by atoms with Crippen LogP contribution in [0.25, 0.3) is 10.4 Å². The molecule has 20 heavy (non-hydrogen) atoms. The van der Waals surface area contributed by atoms with Crippen molar-refractivity contribution in [2.24, 2.45) is 16.4 Å². The standard InChI is InChI=1S/C12H15N5O3/c1-6-4-17(11(20)14-10(6)19)8-2-9(15-16-13)12(5-18)3-7(8)12/h4,7-9,18H,2-3,5H2,1H3,(H,14,19,20)/t7-,8+,9+,12+/m1/s1. The summed E-state index contributed by atoms with van der Waals surface area (Å²) in [5.74, 6) is 0.117. The monoisotopic (exact) mass is 277 g/mol. The number of aromatic amines is 1. The number of hydrogen-bond donors (Lipinski definition) is 2. The highest BCUT2D eigenvalue weighted by Crippen LogP contribution is 2.68. The lowest BCUT2D eigenvalue weighted by Crippen LogP contribution is -2.33. The fraction of sp³-hybridized carbons (Fsp3) is 0.667. The average Bonchev–Trinajstić information content (AvgIpc) is 3.08. The zero-order valence-electron chi connectivity index (χ0n) is 11.0. The van der Waals surface area contributed by atoms with E-state index < -0.39 is 5.69 Å². The van der Waals surface area contributed by atoms with E-state index in [4.69, 9.17) is 5.53 Å². The van der Waals surface area contributed by atoms with Gasteiger partial charge in [-0.05, 0) is 31.2 Å². The maximum Gasteiger partial charge on any atom is 0.328 e. The van der Waals surface area contributed by atoms with Crippen LogP contribution in [0.4, 0.5) is 0 Å². The van der Waals surface area contributed by atoms with Gasteiger partial charge in [-0.2, -0.15) is 0 Å². The number of aromatic nitrogens is 2. The lowest BCUT2D eigenvalue weighted by atomic mass is 10.00. The minimum Gasteiger partial charge on any atom is -0.396 e. The molecule has 2 aliphatic carbocycles. The van der Waals surface area contributed by atoms with Gasteiger partial charge >= 0.3 is 5.69 Å². The Hall–Kier alpha value is -2.05. The van der Waals surface area contributed by atoms with Gasteiger partial charge in [-0.25, -0.2) is 4.79 Å². The number of fused-ring (bicyclic) bond motifs is 1. The first-order valence-corrected chi connectivity index (χ1v) is 6.50. The molecular weight excluding hydrogens is 262 g/mol. The van der Waals surface area contributed by atoms with E-state index in [1.54, 1.807) is 13.1 Å². The van der Waals surface area contributed by atoms with Crippen molar-refractivity contribution in [1.29, 1.82) is 0 Å². The van der Waals surface area contributed by atoms with Crippen LogP contribution in [0.15, 0.2) is 20.9 Å². The second kappa shape index (κ2) is 4.22. The molecule has 1 heterocycles. The minimum atomic E-state index is -0.453. The van der Waals surface area contributed by atoms with Crippen LogP contribution in [0.5, 0.6) is 0 Å². The van der Waals surface area contributed by atoms with Crippen molar-refractivity contribution in [2.45, 2.75) is 31.8 Å². The van der Waals surface area contributed by atoms with E-state index in [-0.39, 0.29) is 35.6 Å². The lowest BCUT2D eigenvalue weighted by Gasteiger charge is -2.17. The number of aliphatic hydroxyl groups excluding tert-OH is 1. The quantitative estimate of drug-likeness (QED) is 0.474. The van der Waals surface area contributed by atoms with Crippen LogP contribution >= 0.6 is 0 Å². The number of H-pyrrole nitrogens is 1. The SMILES string of the molecule is Cc1cn([C@H]2C[C@H](N=[N+]=[N-])[C@]3(CO)C[C@H]23)c(=O)[nH]c1=O. The van der Waals surface area contributed by atoms with Crippen molar-refractivity contribution >= 4 is 0 Å². The number of hydrogen-bond acceptors (Lipinski definition) is 4. The van der Waals surface area contributed by atoms with Gasteiger partial charge in [0.15, 0.2) is 0 Å². The van der Waals surface area contributed by atoms with E-state index in [2.05, 4.69) is 15.0 Å². The molecule has 4 atom stereocenters. The first-order chi connectivity index (χ1) is 9.53. The van der Waals surface area contributed by atoms with E-state index in [0.717, 1.165) is 6.42 Å². The second-order valence-corrected chi connectivity index (χ2v) is 5.70. The second-order valence-electron chi connectivity index (χ2n) is 5.70. The number of azide groups is 1. The summed E-state index contributed by atoms with van der Waals surface area (Å²) < 4.78 is 1.51. The molecule has 8 heteroatoms. The lowest BCUT2D eigenvalue weighted by molar-refractivity contribution is 0.191. The Bertz CT molecular complexity index is 717. The minimum absolute atomic E-state index is 0.0467. The summed E-state index contributed by atoms with van der Waals surface area (Å²) in [6.07, 6.45) is 2.80. The van der Waals surface area contributed by atoms with Crippen LogP contribution in [-0.2, 0) is 0 Å². The molecule has 2 saturated carbocycles. The fourth-order valence-corrected chi connectivity index (χ4v) is 3.53. The normalized spacial score (nSPS) is 34.4. The highest BCUT2D eigenvalue weighted by molar-refractivity contribution is 5.20. The van der Waals surface area contributed by atoms with Gasteiger partial charge in [0, 0.05) is 40.8 Å². The zero-order chi connectivity index (χ0) is 14.5. The summed E-state index contributed by atoms with van der Waals surface area (Å²) in [5.41, 5.74) is 7.86. The third-order valence-electron chi connectivity index (χ3n) is 4.76. The van der Waals surface area contributed by atoms with Crippen molar-refractivity contribution in [3.05, 3.63) is 43.0 Å². The summed E-state index contributed by atoms with van der Waals surface area (Å²) >= 11 is 0. The highest BCUT2D eigenvalue weighted by atomic mass is 16.3. The van der Waals surface area contributed by atoms with Crippen molar-refractivity contribution < 1.29 is 5.11 Å². The van der Waals surface area contributed by atoms with Crippen LogP contribution in [0.1, 0.15) is 24.4 Å². The maximum atomic E-state index is 11.9. The molecular formula is C12H15N5O3. The Morgan fingerprint density at radius 2 is 2.40 bits per heavy atom. The molecule has 1 aromatic rings. The number of nitrogens with one attached hydrogen (secondary N) is 1. The molecule has 0 amide bonds. The smallest absolute Gasteiger partial charge is 0.328 e. The van der Waals surface area contributed by atoms with Gasteiger partial charge in [-0.15, -0.1) is 0 Å². The highest BCUT2D eigenvalue weighted by Gasteiger charge is 2.67. The molecule has 1 aromatic heterocycles. The van der Waals surface area contributed by atoms with Gasteiger partial charge in [0.1, 0.15) is 0 Å². The molecule has 0 bridgehead atoms. The third kappa shape index (κ3) is 1.62. The topological polar surface area (TPSA) is 124 Å². The molecule has 0 spiro atoms. The molecule has 2 N–H and O–H groups in total. The van der Waals surface area contributed by atoms with E-state index in [0.29, 0.717) is 12.0 Å². The summed E-state index contributed by atoms with van der Waals surface area (Å²) in [4.78, 5) is 28.5. The van der Waals surface area contributed by atoms with Crippen LogP contribution < -0.4 is 11.2 Å². The van der Waals surface area contributed by atoms with Crippen LogP contribution in [-0.4, -0.2) is 27.3 Å². The number of nitrogens with zero attached hydrogens (tertiary/aromatic N) is 4. The van der Waals surface area contributed by atoms with Gasteiger partial charge in [-0.1, -0.05) is 5.11 Å². The zero-order valence-corrected chi connectivity index (χ0v) is 11.0. The van der Waals surface area contributed by atoms with Crippen molar-refractivity contribution in [1.82, 2.24) is 9.55 Å². The van der Waals surface area contributed by atoms with Crippen molar-refractivity contribution in [2.75, 3.05) is 6.61 Å². The van der Waals surface area contributed by atoms with Crippen LogP contribution in [0.3, 0.4) is 0 Å². The van der Waals surface area contributed by atoms with Crippen molar-refractivity contribution in [3.63, 3.8) is 0 Å². The van der Waals surface area contributed by atoms with Gasteiger partial charge < -0.3 is 5.11 Å². The average molecular weight is 277 g/mol. The number of aliphatic hydroxyl groups is 1. The van der Waals surface area contributed by atoms with Gasteiger partial charge in [0.25, 0.3) is 5.56 Å². The first kappa shape index (κ1) is 13.0. The Kier molecular flexibility index (Phi) is 2.74. The van der Waals surface area contributed by atoms with Crippen LogP contribution in [0.2, 0.25) is 0 Å². The Morgan fingerprint density at radius 1 is 1.65 bits per heavy atom. The predicted octanol–water partition coefficient (Wildman–Crippen LogP) is 0.467. The summed E-state index contributed by atoms with van der Waals surface area (Å²) in [6, 6.07) is -0.438. The number of rotatable bonds is 3. The Balaban J connectivity index is 2.02. The van der Waals surface area contributed by atoms with E-state index in [1.807, 2.05) is 0 Å². The van der Waals surface area contributed by atoms with E-state index >= 15 is 0 Å². The largest absolute Gasteiger partial charge is 0.396 e. The molecule has 0 saturated heterocycles. The molecule has 3 rings (SSSR count). The predicted molar refractivity (Wildman–Crippen MR) is 70.3 cm³/mol. The van der Waals surface area contributed by atoms with Gasteiger partial charge in [0.05, 0.1) is 0 Å². The third-order valence-corrected chi connectivity index (χ3v) is 4.76. The molecule has 2 aliphatic rings. The molecule has 0 aliphatic heterocycles. The van der Waals surface area contributed by atoms with Gasteiger partial charge in [0.2, 0.25) is 0 Å². The van der Waals surface area contributed by atoms with Crippen molar-refractivity contribution in [3.8, 4) is 0 Å². The maximum absolute atomic E-state index is 11.9. The molecule has 0 radical (unpaired) electrons. The molecule has 0 aromatic carbocycles. The van der Waals surface area contributed by atoms with Gasteiger partial charge in [-0.3, -0.25) is 14.3 Å². The molecule has 8 nitrogen and oxygen atoms in total. The Morgan fingerprint density at radius 3 is 3.05 bits per heavy atom. The molecule has 2 fully saturated rings. The summed E-state index contributed by atoms with van der Waals surface area (Å²) in [6.45, 7) is 1.59. The fourth-order valence-electron chi connectivity index (χ4n) is 3.53. The Labute approximate surface area is 113 Å². The van der Waals surface area contributed by atoms with E-state index in [9.17, 15) is 14.7 Å². The summed E-state index contributed by atoms with van der Waals surface area (Å²) in [7, 11) is 0. The number of aryl methyl sites for hydroxylation is 1. The molecule has 0 unspecified atom stereocenters. The molecule has 106 valence electrons. The first-order valence-electron chi connectivity index (χ1n) is 6.50.